The first kappa shape index (κ1) is 19.4. The van der Waals surface area contributed by atoms with E-state index in [1.165, 1.54) is 0 Å². The van der Waals surface area contributed by atoms with Gasteiger partial charge in [0.05, 0.1) is 29.9 Å². The van der Waals surface area contributed by atoms with Crippen LogP contribution >= 0.6 is 11.6 Å². The number of nitriles is 1. The molecule has 8 nitrogen and oxygen atoms in total. The lowest BCUT2D eigenvalue weighted by atomic mass is 9.97. The third kappa shape index (κ3) is 4.42. The molecule has 2 aromatic rings. The average molecular weight is 412 g/mol. The third-order valence-corrected chi connectivity index (χ3v) is 5.68. The van der Waals surface area contributed by atoms with E-state index in [0.717, 1.165) is 38.0 Å². The van der Waals surface area contributed by atoms with Crippen LogP contribution in [0.2, 0.25) is 5.02 Å². The molecule has 0 saturated carbocycles. The zero-order valence-corrected chi connectivity index (χ0v) is 16.7. The molecule has 0 bridgehead atoms. The van der Waals surface area contributed by atoms with E-state index < -0.39 is 0 Å². The van der Waals surface area contributed by atoms with Gasteiger partial charge in [-0.05, 0) is 44.0 Å². The Morgan fingerprint density at radius 1 is 1.31 bits per heavy atom. The van der Waals surface area contributed by atoms with E-state index in [0.29, 0.717) is 41.5 Å². The number of urea groups is 1. The number of carbonyl (C=O) groups excluding carboxylic acids is 1. The first-order valence-corrected chi connectivity index (χ1v) is 10.0. The summed E-state index contributed by atoms with van der Waals surface area (Å²) in [6.07, 6.45) is 3.83. The van der Waals surface area contributed by atoms with Gasteiger partial charge in [-0.2, -0.15) is 10.2 Å². The Morgan fingerprint density at radius 2 is 2.10 bits per heavy atom. The molecule has 0 unspecified atom stereocenters. The second-order valence-electron chi connectivity index (χ2n) is 7.29. The summed E-state index contributed by atoms with van der Waals surface area (Å²) >= 11 is 6.24. The molecule has 4 rings (SSSR count). The lowest BCUT2D eigenvalue weighted by molar-refractivity contribution is 0.208. The van der Waals surface area contributed by atoms with Gasteiger partial charge in [-0.25, -0.2) is 9.78 Å². The van der Waals surface area contributed by atoms with Crippen molar-refractivity contribution in [3.05, 3.63) is 41.0 Å². The molecule has 2 aliphatic heterocycles. The predicted molar refractivity (Wildman–Crippen MR) is 112 cm³/mol. The smallest absolute Gasteiger partial charge is 0.327 e. The minimum atomic E-state index is -0.264. The van der Waals surface area contributed by atoms with Crippen LogP contribution in [0.5, 0.6) is 0 Å². The van der Waals surface area contributed by atoms with Crippen LogP contribution in [0.4, 0.5) is 22.2 Å². The van der Waals surface area contributed by atoms with Crippen LogP contribution in [0.25, 0.3) is 0 Å². The summed E-state index contributed by atoms with van der Waals surface area (Å²) in [7, 11) is 0. The minimum Gasteiger partial charge on any atom is -0.354 e. The average Bonchev–Trinajstić information content (AvgIpc) is 2.73. The molecule has 150 valence electrons. The van der Waals surface area contributed by atoms with Gasteiger partial charge in [-0.3, -0.25) is 15.1 Å². The number of likely N-dealkylation sites (tertiary alicyclic amines) is 1. The highest BCUT2D eigenvalue weighted by Crippen LogP contribution is 2.31. The standard InChI is InChI=1S/C20H22ClN7O/c21-16-3-1-2-4-17(16)28-13-15-12-24-19(25-18(15)26-20(28)29)23-11-14-5-8-27(9-6-14)10-7-22/h1-4,12,14H,5-6,8-11,13H2,(H2,23,24,25,26,29). The summed E-state index contributed by atoms with van der Waals surface area (Å²) in [6, 6.07) is 9.18. The first-order chi connectivity index (χ1) is 14.1. The Morgan fingerprint density at radius 3 is 2.86 bits per heavy atom. The van der Waals surface area contributed by atoms with Crippen LogP contribution in [0, 0.1) is 17.2 Å². The number of anilines is 3. The predicted octanol–water partition coefficient (Wildman–Crippen LogP) is 3.33. The number of fused-ring (bicyclic) bond motifs is 1. The van der Waals surface area contributed by atoms with Crippen molar-refractivity contribution in [2.24, 2.45) is 5.92 Å². The fraction of sp³-hybridized carbons (Fsp3) is 0.400. The Kier molecular flexibility index (Phi) is 5.79. The monoisotopic (exact) mass is 411 g/mol. The Hall–Kier alpha value is -2.89. The van der Waals surface area contributed by atoms with E-state index in [-0.39, 0.29) is 6.03 Å². The Bertz CT molecular complexity index is 937. The van der Waals surface area contributed by atoms with Gasteiger partial charge in [-0.1, -0.05) is 23.7 Å². The molecule has 0 atom stereocenters. The number of halogens is 1. The van der Waals surface area contributed by atoms with E-state index in [2.05, 4.69) is 31.6 Å². The summed E-state index contributed by atoms with van der Waals surface area (Å²) in [5.74, 6) is 1.56. The van der Waals surface area contributed by atoms with Crippen molar-refractivity contribution in [2.45, 2.75) is 19.4 Å². The van der Waals surface area contributed by atoms with Crippen molar-refractivity contribution in [3.63, 3.8) is 0 Å². The normalized spacial score (nSPS) is 17.4. The van der Waals surface area contributed by atoms with Gasteiger partial charge in [0.2, 0.25) is 5.95 Å². The SMILES string of the molecule is N#CCN1CCC(CNc2ncc3c(n2)NC(=O)N(c2ccccc2Cl)C3)CC1. The molecule has 2 N–H and O–H groups in total. The van der Waals surface area contributed by atoms with Crippen molar-refractivity contribution >= 4 is 35.1 Å². The molecular formula is C20H22ClN7O. The van der Waals surface area contributed by atoms with E-state index in [1.807, 2.05) is 18.2 Å². The van der Waals surface area contributed by atoms with Gasteiger partial charge >= 0.3 is 6.03 Å². The number of hydrogen-bond acceptors (Lipinski definition) is 6. The fourth-order valence-corrected chi connectivity index (χ4v) is 3.91. The second-order valence-corrected chi connectivity index (χ2v) is 7.70. The lowest BCUT2D eigenvalue weighted by Crippen LogP contribution is -2.39. The third-order valence-electron chi connectivity index (χ3n) is 5.36. The maximum absolute atomic E-state index is 12.6. The van der Waals surface area contributed by atoms with E-state index >= 15 is 0 Å². The van der Waals surface area contributed by atoms with Crippen LogP contribution in [-0.2, 0) is 6.54 Å². The number of piperidine rings is 1. The number of para-hydroxylation sites is 1. The van der Waals surface area contributed by atoms with Crippen LogP contribution in [0.1, 0.15) is 18.4 Å². The van der Waals surface area contributed by atoms with Crippen molar-refractivity contribution < 1.29 is 4.79 Å². The van der Waals surface area contributed by atoms with Gasteiger partial charge in [0.1, 0.15) is 5.82 Å². The fourth-order valence-electron chi connectivity index (χ4n) is 3.68. The highest BCUT2D eigenvalue weighted by atomic mass is 35.5. The molecule has 0 aliphatic carbocycles. The number of aromatic nitrogens is 2. The summed E-state index contributed by atoms with van der Waals surface area (Å²) < 4.78 is 0. The van der Waals surface area contributed by atoms with Crippen LogP contribution in [-0.4, -0.2) is 47.1 Å². The van der Waals surface area contributed by atoms with Crippen molar-refractivity contribution in [1.29, 1.82) is 5.26 Å². The number of rotatable bonds is 5. The van der Waals surface area contributed by atoms with Gasteiger partial charge < -0.3 is 5.32 Å². The highest BCUT2D eigenvalue weighted by molar-refractivity contribution is 6.34. The highest BCUT2D eigenvalue weighted by Gasteiger charge is 2.27. The Labute approximate surface area is 174 Å². The second kappa shape index (κ2) is 8.64. The summed E-state index contributed by atoms with van der Waals surface area (Å²) in [5, 5.41) is 15.4. The van der Waals surface area contributed by atoms with Crippen molar-refractivity contribution in [2.75, 3.05) is 41.7 Å². The number of amides is 2. The topological polar surface area (TPSA) is 97.2 Å². The molecule has 9 heteroatoms. The van der Waals surface area contributed by atoms with Gasteiger partial charge in [0.15, 0.2) is 0 Å². The number of carbonyl (C=O) groups is 1. The first-order valence-electron chi connectivity index (χ1n) is 9.66. The van der Waals surface area contributed by atoms with E-state index in [9.17, 15) is 4.79 Å². The van der Waals surface area contributed by atoms with Crippen LogP contribution in [0.3, 0.4) is 0 Å². The number of benzene rings is 1. The largest absolute Gasteiger partial charge is 0.354 e. The van der Waals surface area contributed by atoms with Crippen molar-refractivity contribution in [1.82, 2.24) is 14.9 Å². The molecule has 1 saturated heterocycles. The molecular weight excluding hydrogens is 390 g/mol. The molecule has 0 radical (unpaired) electrons. The molecule has 29 heavy (non-hydrogen) atoms. The number of nitrogens with zero attached hydrogens (tertiary/aromatic N) is 5. The molecule has 1 aromatic carbocycles. The lowest BCUT2D eigenvalue weighted by Gasteiger charge is -2.30. The van der Waals surface area contributed by atoms with Crippen LogP contribution in [0.15, 0.2) is 30.5 Å². The maximum Gasteiger partial charge on any atom is 0.327 e. The summed E-state index contributed by atoms with van der Waals surface area (Å²) in [6.45, 7) is 3.53. The Balaban J connectivity index is 1.38. The van der Waals surface area contributed by atoms with Gasteiger partial charge in [0.25, 0.3) is 0 Å². The molecule has 3 heterocycles. The quantitative estimate of drug-likeness (QED) is 0.732. The van der Waals surface area contributed by atoms with Crippen LogP contribution < -0.4 is 15.5 Å². The molecule has 0 spiro atoms. The molecule has 2 aliphatic rings. The minimum absolute atomic E-state index is 0.264. The van der Waals surface area contributed by atoms with Gasteiger partial charge in [-0.15, -0.1) is 0 Å². The van der Waals surface area contributed by atoms with E-state index in [1.54, 1.807) is 17.2 Å². The molecule has 1 fully saturated rings. The summed E-state index contributed by atoms with van der Waals surface area (Å²) in [5.41, 5.74) is 1.49. The molecule has 2 amide bonds. The number of nitrogens with one attached hydrogen (secondary N) is 2. The maximum atomic E-state index is 12.6. The zero-order chi connectivity index (χ0) is 20.2. The van der Waals surface area contributed by atoms with Gasteiger partial charge in [0, 0.05) is 18.3 Å². The zero-order valence-electron chi connectivity index (χ0n) is 15.9. The number of hydrogen-bond donors (Lipinski definition) is 2. The van der Waals surface area contributed by atoms with E-state index in [4.69, 9.17) is 16.9 Å². The van der Waals surface area contributed by atoms with Crippen molar-refractivity contribution in [3.8, 4) is 6.07 Å². The molecule has 1 aromatic heterocycles. The summed E-state index contributed by atoms with van der Waals surface area (Å²) in [4.78, 5) is 25.2.